The van der Waals surface area contributed by atoms with Crippen molar-refractivity contribution in [2.24, 2.45) is 5.92 Å². The van der Waals surface area contributed by atoms with Crippen molar-refractivity contribution in [3.63, 3.8) is 0 Å². The summed E-state index contributed by atoms with van der Waals surface area (Å²) >= 11 is 0. The number of carbonyl (C=O) groups excluding carboxylic acids is 1. The van der Waals surface area contributed by atoms with Gasteiger partial charge in [0.15, 0.2) is 11.5 Å². The largest absolute Gasteiger partial charge is 0.491 e. The number of rotatable bonds is 6. The number of nitrogens with zero attached hydrogens (tertiary/aromatic N) is 2. The number of benzene rings is 1. The van der Waals surface area contributed by atoms with Crippen molar-refractivity contribution >= 4 is 17.3 Å². The average molecular weight is 545 g/mol. The monoisotopic (exact) mass is 544 g/mol. The first-order chi connectivity index (χ1) is 18.3. The fourth-order valence-electron chi connectivity index (χ4n) is 4.88. The number of pyridine rings is 2. The molecular formula is C28H31F3N4O4. The van der Waals surface area contributed by atoms with Gasteiger partial charge >= 0.3 is 0 Å². The summed E-state index contributed by atoms with van der Waals surface area (Å²) in [5, 5.41) is 23.7. The normalized spacial score (nSPS) is 23.1. The van der Waals surface area contributed by atoms with Crippen LogP contribution in [0.1, 0.15) is 62.5 Å². The van der Waals surface area contributed by atoms with Gasteiger partial charge in [-0.2, -0.15) is 0 Å². The molecule has 208 valence electrons. The first-order valence-electron chi connectivity index (χ1n) is 12.6. The van der Waals surface area contributed by atoms with Gasteiger partial charge in [0.25, 0.3) is 5.91 Å². The predicted octanol–water partition coefficient (Wildman–Crippen LogP) is 4.81. The van der Waals surface area contributed by atoms with Crippen LogP contribution in [0.25, 0.3) is 11.3 Å². The van der Waals surface area contributed by atoms with Gasteiger partial charge in [0, 0.05) is 24.4 Å². The van der Waals surface area contributed by atoms with Crippen LogP contribution >= 0.6 is 0 Å². The lowest BCUT2D eigenvalue weighted by atomic mass is 9.69. The zero-order valence-electron chi connectivity index (χ0n) is 22.0. The molecule has 0 aliphatic heterocycles. The second-order valence-corrected chi connectivity index (χ2v) is 10.4. The number of nitrogen functional groups attached to an aromatic ring is 1. The number of aromatic nitrogens is 2. The van der Waals surface area contributed by atoms with E-state index in [4.69, 9.17) is 10.5 Å². The Morgan fingerprint density at radius 3 is 2.46 bits per heavy atom. The van der Waals surface area contributed by atoms with Gasteiger partial charge < -0.3 is 26.0 Å². The van der Waals surface area contributed by atoms with Crippen LogP contribution in [-0.2, 0) is 0 Å². The Morgan fingerprint density at radius 2 is 1.85 bits per heavy atom. The van der Waals surface area contributed by atoms with E-state index in [1.165, 1.54) is 12.4 Å². The van der Waals surface area contributed by atoms with E-state index >= 15 is 0 Å². The van der Waals surface area contributed by atoms with Crippen molar-refractivity contribution in [1.29, 1.82) is 0 Å². The van der Waals surface area contributed by atoms with Gasteiger partial charge in [-0.15, -0.1) is 0 Å². The molecular weight excluding hydrogens is 513 g/mol. The number of halogens is 3. The zero-order valence-corrected chi connectivity index (χ0v) is 22.0. The molecule has 1 amide bonds. The molecule has 0 radical (unpaired) electrons. The molecule has 5 N–H and O–H groups in total. The molecule has 3 aromatic rings. The summed E-state index contributed by atoms with van der Waals surface area (Å²) in [5.41, 5.74) is 3.32. The van der Waals surface area contributed by atoms with Gasteiger partial charge in [0.05, 0.1) is 40.9 Å². The van der Waals surface area contributed by atoms with Gasteiger partial charge in [-0.3, -0.25) is 9.78 Å². The number of carbonyl (C=O) groups is 1. The second-order valence-electron chi connectivity index (χ2n) is 10.4. The minimum Gasteiger partial charge on any atom is -0.491 e. The number of aliphatic hydroxyl groups excluding tert-OH is 1. The van der Waals surface area contributed by atoms with Crippen molar-refractivity contribution < 1.29 is 32.9 Å². The first kappa shape index (κ1) is 28.3. The third-order valence-electron chi connectivity index (χ3n) is 7.21. The number of hydrogen-bond acceptors (Lipinski definition) is 7. The smallest absolute Gasteiger partial charge is 0.276 e. The van der Waals surface area contributed by atoms with E-state index in [1.807, 2.05) is 6.92 Å². The summed E-state index contributed by atoms with van der Waals surface area (Å²) in [6.07, 6.45) is 2.40. The maximum absolute atomic E-state index is 14.9. The molecule has 1 aromatic carbocycles. The minimum atomic E-state index is -1.25. The number of hydrogen-bond donors (Lipinski definition) is 4. The molecule has 4 rings (SSSR count). The van der Waals surface area contributed by atoms with E-state index in [9.17, 15) is 28.2 Å². The van der Waals surface area contributed by atoms with Crippen LogP contribution in [0.2, 0.25) is 0 Å². The third kappa shape index (κ3) is 5.69. The van der Waals surface area contributed by atoms with Crippen molar-refractivity contribution in [3.8, 4) is 17.0 Å². The molecule has 1 aliphatic carbocycles. The molecule has 39 heavy (non-hydrogen) atoms. The highest BCUT2D eigenvalue weighted by Gasteiger charge is 2.43. The summed E-state index contributed by atoms with van der Waals surface area (Å²) in [6.45, 7) is 6.79. The van der Waals surface area contributed by atoms with Crippen LogP contribution in [0, 0.1) is 23.4 Å². The fraction of sp³-hybridized carbons (Fsp3) is 0.393. The number of ether oxygens (including phenoxy) is 1. The number of anilines is 2. The molecule has 11 heteroatoms. The number of nitrogens with two attached hydrogens (primary N) is 1. The Bertz CT molecular complexity index is 1360. The van der Waals surface area contributed by atoms with E-state index in [0.29, 0.717) is 17.7 Å². The molecule has 1 aliphatic rings. The lowest BCUT2D eigenvalue weighted by molar-refractivity contribution is -0.123. The van der Waals surface area contributed by atoms with Crippen LogP contribution in [-0.4, -0.2) is 43.9 Å². The molecule has 4 atom stereocenters. The molecule has 0 spiro atoms. The van der Waals surface area contributed by atoms with Gasteiger partial charge in [-0.25, -0.2) is 18.2 Å². The summed E-state index contributed by atoms with van der Waals surface area (Å²) in [7, 11) is 0. The molecule has 8 nitrogen and oxygen atoms in total. The van der Waals surface area contributed by atoms with E-state index in [-0.39, 0.29) is 35.8 Å². The Labute approximate surface area is 224 Å². The van der Waals surface area contributed by atoms with E-state index < -0.39 is 52.0 Å². The quantitative estimate of drug-likeness (QED) is 0.350. The molecule has 1 saturated carbocycles. The highest BCUT2D eigenvalue weighted by molar-refractivity contribution is 6.07. The molecule has 2 heterocycles. The van der Waals surface area contributed by atoms with E-state index in [2.05, 4.69) is 15.3 Å². The average Bonchev–Trinajstić information content (AvgIpc) is 2.83. The zero-order chi connectivity index (χ0) is 28.6. The lowest BCUT2D eigenvalue weighted by Crippen LogP contribution is -2.49. The van der Waals surface area contributed by atoms with Crippen molar-refractivity contribution in [2.75, 3.05) is 11.1 Å². The Kier molecular flexibility index (Phi) is 7.85. The van der Waals surface area contributed by atoms with Crippen molar-refractivity contribution in [3.05, 3.63) is 65.4 Å². The maximum Gasteiger partial charge on any atom is 0.276 e. The van der Waals surface area contributed by atoms with Gasteiger partial charge in [0.1, 0.15) is 23.1 Å². The van der Waals surface area contributed by atoms with Gasteiger partial charge in [0.2, 0.25) is 0 Å². The highest BCUT2D eigenvalue weighted by Crippen LogP contribution is 2.43. The molecule has 2 aromatic heterocycles. The number of aliphatic hydroxyl groups is 2. The standard InChI is InChI=1S/C28H31F3N4O4/c1-13(2)39-16-9-18(29)24(19(30)10-16)25-20(31)11-21(32)26(35-25)27(37)34-22-12-33-6-5-17(22)15-7-14(3)28(4,38)23(36)8-15/h5-6,9-15,23,36,38H,7-8,32H2,1-4H3,(H,34,37)/t14-,15+,23+,28+/m0/s1. The van der Waals surface area contributed by atoms with Crippen LogP contribution in [0.5, 0.6) is 5.75 Å². The van der Waals surface area contributed by atoms with Gasteiger partial charge in [-0.05, 0) is 57.1 Å². The van der Waals surface area contributed by atoms with Gasteiger partial charge in [-0.1, -0.05) is 6.92 Å². The first-order valence-corrected chi connectivity index (χ1v) is 12.6. The van der Waals surface area contributed by atoms with Crippen molar-refractivity contribution in [1.82, 2.24) is 9.97 Å². The number of nitrogens with one attached hydrogen (secondary N) is 1. The summed E-state index contributed by atoms with van der Waals surface area (Å²) in [5.74, 6) is -4.73. The summed E-state index contributed by atoms with van der Waals surface area (Å²) in [6, 6.07) is 4.29. The Morgan fingerprint density at radius 1 is 1.18 bits per heavy atom. The topological polar surface area (TPSA) is 131 Å². The predicted molar refractivity (Wildman–Crippen MR) is 140 cm³/mol. The van der Waals surface area contributed by atoms with E-state index in [0.717, 1.165) is 18.2 Å². The van der Waals surface area contributed by atoms with Crippen LogP contribution in [0.4, 0.5) is 24.5 Å². The molecule has 0 bridgehead atoms. The maximum atomic E-state index is 14.9. The van der Waals surface area contributed by atoms with Crippen LogP contribution in [0.3, 0.4) is 0 Å². The third-order valence-corrected chi connectivity index (χ3v) is 7.21. The Hall–Kier alpha value is -3.70. The molecule has 0 unspecified atom stereocenters. The van der Waals surface area contributed by atoms with Crippen molar-refractivity contribution in [2.45, 2.75) is 64.3 Å². The summed E-state index contributed by atoms with van der Waals surface area (Å²) in [4.78, 5) is 21.2. The molecule has 0 saturated heterocycles. The molecule has 1 fully saturated rings. The fourth-order valence-corrected chi connectivity index (χ4v) is 4.88. The minimum absolute atomic E-state index is 0.0784. The summed E-state index contributed by atoms with van der Waals surface area (Å²) < 4.78 is 49.9. The SMILES string of the molecule is CC(C)Oc1cc(F)c(-c2nc(C(=O)Nc3cnccc3[C@H]3C[C@@H](O)[C@](C)(O)[C@@H](C)C3)c(N)cc2F)c(F)c1. The van der Waals surface area contributed by atoms with Crippen LogP contribution < -0.4 is 15.8 Å². The highest BCUT2D eigenvalue weighted by atomic mass is 19.1. The van der Waals surface area contributed by atoms with Crippen LogP contribution in [0.15, 0.2) is 36.7 Å². The Balaban J connectivity index is 1.67. The second kappa shape index (κ2) is 10.8. The number of amides is 1. The lowest BCUT2D eigenvalue weighted by Gasteiger charge is -2.43. The van der Waals surface area contributed by atoms with E-state index in [1.54, 1.807) is 26.8 Å².